The number of piperidine rings is 2. The van der Waals surface area contributed by atoms with Crippen LogP contribution in [0.1, 0.15) is 79.1 Å². The zero-order chi connectivity index (χ0) is 31.2. The van der Waals surface area contributed by atoms with Gasteiger partial charge in [-0.15, -0.1) is 0 Å². The molecule has 2 rings (SSSR count). The van der Waals surface area contributed by atoms with Crippen molar-refractivity contribution in [1.29, 1.82) is 0 Å². The van der Waals surface area contributed by atoms with Crippen LogP contribution in [0.2, 0.25) is 0 Å². The Morgan fingerprint density at radius 2 is 1.22 bits per heavy atom. The van der Waals surface area contributed by atoms with E-state index in [-0.39, 0.29) is 63.7 Å². The van der Waals surface area contributed by atoms with Gasteiger partial charge in [0.1, 0.15) is 31.0 Å². The van der Waals surface area contributed by atoms with Crippen molar-refractivity contribution in [2.45, 2.75) is 91.1 Å². The Hall–Kier alpha value is -3.19. The maximum atomic E-state index is 12.5. The van der Waals surface area contributed by atoms with Crippen molar-refractivity contribution in [2.75, 3.05) is 33.0 Å². The molecule has 2 saturated heterocycles. The highest BCUT2D eigenvalue weighted by Gasteiger charge is 2.52. The lowest BCUT2D eigenvalue weighted by atomic mass is 9.72. The predicted molar refractivity (Wildman–Crippen MR) is 144 cm³/mol. The summed E-state index contributed by atoms with van der Waals surface area (Å²) >= 11 is 0. The summed E-state index contributed by atoms with van der Waals surface area (Å²) in [4.78, 5) is 78.7. The van der Waals surface area contributed by atoms with Gasteiger partial charge in [-0.05, 0) is 53.4 Å². The van der Waals surface area contributed by atoms with Crippen LogP contribution in [0, 0.1) is 11.8 Å². The maximum Gasteiger partial charge on any atom is 0.318 e. The first kappa shape index (κ1) is 37.8. The molecule has 0 aromatic carbocycles. The van der Waals surface area contributed by atoms with Crippen LogP contribution in [-0.4, -0.2) is 92.0 Å². The summed E-state index contributed by atoms with van der Waals surface area (Å²) in [6.07, 6.45) is 4.68. The minimum absolute atomic E-state index is 0.202. The molecule has 0 amide bonds. The van der Waals surface area contributed by atoms with Gasteiger partial charge in [-0.1, -0.05) is 6.42 Å². The number of fused-ring (bicyclic) bond motifs is 2. The Bertz CT molecular complexity index is 803. The highest BCUT2D eigenvalue weighted by molar-refractivity contribution is 6.10. The van der Waals surface area contributed by atoms with Crippen molar-refractivity contribution >= 4 is 41.7 Å². The van der Waals surface area contributed by atoms with Crippen LogP contribution in [0.15, 0.2) is 0 Å². The molecule has 0 aromatic heterocycles. The standard InChI is InChI=1S/C14H21NO5.C9H14O5.C5H10O2/c1-3-19-13(17)10-8-6-5-7-9(15-8)11(12(10)16)14(18)20-4-2;1-3-13-8(11)5-7(10)6-9(12)14-4-2;6-4-2-1-3-5-7/h8-11,15H,3-7H2,1-2H3;3-6H2,1-2H3;4,7H,1-3,5H2. The third-order valence-corrected chi connectivity index (χ3v) is 5.98. The first-order valence-electron chi connectivity index (χ1n) is 14.1. The van der Waals surface area contributed by atoms with Crippen LogP contribution < -0.4 is 5.32 Å². The number of aliphatic hydroxyl groups is 1. The van der Waals surface area contributed by atoms with E-state index < -0.39 is 41.5 Å². The minimum atomic E-state index is -0.888. The number of ketones is 2. The van der Waals surface area contributed by atoms with E-state index in [1.165, 1.54) is 0 Å². The zero-order valence-electron chi connectivity index (χ0n) is 24.5. The monoisotopic (exact) mass is 587 g/mol. The van der Waals surface area contributed by atoms with Crippen molar-refractivity contribution in [3.63, 3.8) is 0 Å². The van der Waals surface area contributed by atoms with E-state index in [1.807, 2.05) is 0 Å². The number of unbranched alkanes of at least 4 members (excludes halogenated alkanes) is 2. The maximum absolute atomic E-state index is 12.5. The molecule has 41 heavy (non-hydrogen) atoms. The fraction of sp³-hybridized carbons (Fsp3) is 0.750. The third kappa shape index (κ3) is 14.8. The van der Waals surface area contributed by atoms with Gasteiger partial charge in [0.2, 0.25) is 0 Å². The van der Waals surface area contributed by atoms with Gasteiger partial charge < -0.3 is 34.2 Å². The number of hydrogen-bond acceptors (Lipinski definition) is 13. The van der Waals surface area contributed by atoms with Crippen molar-refractivity contribution < 1.29 is 57.6 Å². The lowest BCUT2D eigenvalue weighted by molar-refractivity contribution is -0.164. The highest BCUT2D eigenvalue weighted by atomic mass is 16.5. The second-order valence-corrected chi connectivity index (χ2v) is 9.06. The Kier molecular flexibility index (Phi) is 20.7. The van der Waals surface area contributed by atoms with Gasteiger partial charge in [-0.2, -0.15) is 0 Å². The predicted octanol–water partition coefficient (Wildman–Crippen LogP) is 1.25. The largest absolute Gasteiger partial charge is 0.466 e. The van der Waals surface area contributed by atoms with Crippen molar-refractivity contribution in [1.82, 2.24) is 5.32 Å². The van der Waals surface area contributed by atoms with Crippen LogP contribution in [0.25, 0.3) is 0 Å². The van der Waals surface area contributed by atoms with Gasteiger partial charge in [0.15, 0.2) is 11.6 Å². The molecule has 2 aliphatic rings. The smallest absolute Gasteiger partial charge is 0.318 e. The van der Waals surface area contributed by atoms with Gasteiger partial charge in [-0.25, -0.2) is 0 Å². The van der Waals surface area contributed by atoms with Crippen molar-refractivity contribution in [3.05, 3.63) is 0 Å². The van der Waals surface area contributed by atoms with Crippen LogP contribution >= 0.6 is 0 Å². The second-order valence-electron chi connectivity index (χ2n) is 9.06. The van der Waals surface area contributed by atoms with E-state index >= 15 is 0 Å². The Morgan fingerprint density at radius 1 is 0.780 bits per heavy atom. The molecule has 2 aliphatic heterocycles. The molecule has 2 N–H and O–H groups in total. The number of hydrogen-bond donors (Lipinski definition) is 2. The number of ether oxygens (including phenoxy) is 4. The van der Waals surface area contributed by atoms with E-state index in [9.17, 15) is 33.6 Å². The Labute approximate surface area is 241 Å². The van der Waals surface area contributed by atoms with Crippen LogP contribution in [0.3, 0.4) is 0 Å². The summed E-state index contributed by atoms with van der Waals surface area (Å²) in [6.45, 7) is 7.80. The summed E-state index contributed by atoms with van der Waals surface area (Å²) in [6, 6.07) is -0.433. The molecular weight excluding hydrogens is 542 g/mol. The highest BCUT2D eigenvalue weighted by Crippen LogP contribution is 2.33. The lowest BCUT2D eigenvalue weighted by Gasteiger charge is -2.42. The average molecular weight is 588 g/mol. The molecule has 0 aromatic rings. The first-order chi connectivity index (χ1) is 19.6. The molecule has 13 heteroatoms. The van der Waals surface area contributed by atoms with Crippen molar-refractivity contribution in [3.8, 4) is 0 Å². The molecule has 234 valence electrons. The molecule has 2 bridgehead atoms. The summed E-state index contributed by atoms with van der Waals surface area (Å²) in [5, 5.41) is 11.4. The van der Waals surface area contributed by atoms with E-state index in [2.05, 4.69) is 14.8 Å². The molecule has 0 spiro atoms. The third-order valence-electron chi connectivity index (χ3n) is 5.98. The van der Waals surface area contributed by atoms with Gasteiger partial charge in [-0.3, -0.25) is 28.8 Å². The zero-order valence-corrected chi connectivity index (χ0v) is 24.5. The van der Waals surface area contributed by atoms with Crippen molar-refractivity contribution in [2.24, 2.45) is 11.8 Å². The molecular formula is C28H45NO12. The summed E-state index contributed by atoms with van der Waals surface area (Å²) < 4.78 is 19.0. The van der Waals surface area contributed by atoms with E-state index in [0.717, 1.165) is 38.4 Å². The van der Waals surface area contributed by atoms with Gasteiger partial charge in [0.05, 0.1) is 26.4 Å². The fourth-order valence-electron chi connectivity index (χ4n) is 4.29. The molecule has 2 heterocycles. The summed E-state index contributed by atoms with van der Waals surface area (Å²) in [7, 11) is 0. The molecule has 0 aliphatic carbocycles. The van der Waals surface area contributed by atoms with Gasteiger partial charge in [0, 0.05) is 25.1 Å². The molecule has 2 fully saturated rings. The Balaban J connectivity index is 0.000000663. The number of Topliss-reactive ketones (excluding diaryl/α,β-unsaturated/α-hetero) is 2. The van der Waals surface area contributed by atoms with E-state index in [0.29, 0.717) is 6.42 Å². The number of nitrogens with one attached hydrogen (secondary N) is 1. The quantitative estimate of drug-likeness (QED) is 0.0972. The lowest BCUT2D eigenvalue weighted by Crippen LogP contribution is -2.63. The van der Waals surface area contributed by atoms with Gasteiger partial charge >= 0.3 is 23.9 Å². The molecule has 4 unspecified atom stereocenters. The average Bonchev–Trinajstić information content (AvgIpc) is 2.90. The number of aliphatic hydroxyl groups excluding tert-OH is 1. The number of carbonyl (C=O) groups excluding carboxylic acids is 7. The Morgan fingerprint density at radius 3 is 1.59 bits per heavy atom. The van der Waals surface area contributed by atoms with E-state index in [4.69, 9.17) is 14.6 Å². The normalized spacial score (nSPS) is 20.6. The fourth-order valence-corrected chi connectivity index (χ4v) is 4.29. The van der Waals surface area contributed by atoms with E-state index in [1.54, 1.807) is 27.7 Å². The number of aldehydes is 1. The molecule has 0 radical (unpaired) electrons. The molecule has 4 atom stereocenters. The van der Waals surface area contributed by atoms with Crippen LogP contribution in [0.5, 0.6) is 0 Å². The topological polar surface area (TPSA) is 189 Å². The number of carbonyl (C=O) groups is 7. The summed E-state index contributed by atoms with van der Waals surface area (Å²) in [5.41, 5.74) is 0. The minimum Gasteiger partial charge on any atom is -0.466 e. The molecule has 13 nitrogen and oxygen atoms in total. The number of esters is 4. The number of rotatable bonds is 14. The molecule has 0 saturated carbocycles. The first-order valence-corrected chi connectivity index (χ1v) is 14.1. The van der Waals surface area contributed by atoms with Crippen LogP contribution in [0.4, 0.5) is 0 Å². The van der Waals surface area contributed by atoms with Gasteiger partial charge in [0.25, 0.3) is 0 Å². The van der Waals surface area contributed by atoms with Crippen LogP contribution in [-0.2, 0) is 52.5 Å². The second kappa shape index (κ2) is 22.5. The summed E-state index contributed by atoms with van der Waals surface area (Å²) in [5.74, 6) is -4.91. The SMILES string of the molecule is CCOC(=O)C1C(=O)C(C(=O)OCC)C2CCCC1N2.CCOC(=O)CC(=O)CC(=O)OCC.O=CCCCCO.